The molecule has 0 bridgehead atoms. The number of aliphatic hydroxyl groups is 1. The molecule has 0 radical (unpaired) electrons. The highest BCUT2D eigenvalue weighted by Gasteiger charge is 2.46. The largest absolute Gasteiger partial charge is 0.460 e. The summed E-state index contributed by atoms with van der Waals surface area (Å²) in [7, 11) is 0. The molecule has 2 N–H and O–H groups in total. The van der Waals surface area contributed by atoms with Gasteiger partial charge < -0.3 is 9.84 Å². The van der Waals surface area contributed by atoms with Gasteiger partial charge in [0.15, 0.2) is 0 Å². The minimum Gasteiger partial charge on any atom is -0.460 e. The van der Waals surface area contributed by atoms with Gasteiger partial charge in [0.05, 0.1) is 6.10 Å². The van der Waals surface area contributed by atoms with Crippen LogP contribution >= 0.6 is 0 Å². The third kappa shape index (κ3) is 4.41. The normalized spacial score (nSPS) is 33.1. The summed E-state index contributed by atoms with van der Waals surface area (Å²) in [5.74, 6) is -2.42. The number of carbonyl (C=O) groups excluding carboxylic acids is 4. The zero-order chi connectivity index (χ0) is 18.1. The molecule has 1 saturated heterocycles. The lowest BCUT2D eigenvalue weighted by molar-refractivity contribution is -0.169. The highest BCUT2D eigenvalue weighted by atomic mass is 16.6. The molecule has 0 aromatic carbocycles. The van der Waals surface area contributed by atoms with Crippen LogP contribution in [-0.2, 0) is 23.9 Å². The molecule has 7 heteroatoms. The van der Waals surface area contributed by atoms with E-state index in [1.807, 2.05) is 0 Å². The number of esters is 1. The Balaban J connectivity index is 2.07. The van der Waals surface area contributed by atoms with E-state index in [0.29, 0.717) is 6.42 Å². The van der Waals surface area contributed by atoms with Crippen molar-refractivity contribution < 1.29 is 29.0 Å². The number of Topliss-reactive ketones (excluding diaryl/α,β-unsaturated/α-hetero) is 1. The first-order valence-corrected chi connectivity index (χ1v) is 8.33. The van der Waals surface area contributed by atoms with Gasteiger partial charge in [-0.1, -0.05) is 6.92 Å². The Hall–Kier alpha value is -1.76. The molecule has 0 aromatic rings. The van der Waals surface area contributed by atoms with Crippen LogP contribution in [0.4, 0.5) is 0 Å². The summed E-state index contributed by atoms with van der Waals surface area (Å²) < 4.78 is 5.38. The van der Waals surface area contributed by atoms with Gasteiger partial charge in [-0.15, -0.1) is 0 Å². The number of aliphatic hydroxyl groups excluding tert-OH is 1. The number of ketones is 1. The highest BCUT2D eigenvalue weighted by Crippen LogP contribution is 2.39. The van der Waals surface area contributed by atoms with Crippen molar-refractivity contribution in [1.29, 1.82) is 0 Å². The second-order valence-corrected chi connectivity index (χ2v) is 7.41. The molecule has 0 unspecified atom stereocenters. The fourth-order valence-corrected chi connectivity index (χ4v) is 4.05. The summed E-state index contributed by atoms with van der Waals surface area (Å²) in [6.07, 6.45) is 0.265. The van der Waals surface area contributed by atoms with E-state index < -0.39 is 23.6 Å². The number of nitrogens with one attached hydrogen (secondary N) is 1. The van der Waals surface area contributed by atoms with E-state index in [2.05, 4.69) is 5.32 Å². The molecule has 1 saturated carbocycles. The molecular formula is C17H25NO6. The van der Waals surface area contributed by atoms with Gasteiger partial charge in [-0.3, -0.25) is 24.5 Å². The van der Waals surface area contributed by atoms with E-state index in [1.165, 1.54) is 6.92 Å². The Morgan fingerprint density at radius 3 is 2.42 bits per heavy atom. The second kappa shape index (κ2) is 7.01. The number of carbonyl (C=O) groups is 4. The maximum atomic E-state index is 12.5. The van der Waals surface area contributed by atoms with Crippen molar-refractivity contribution in [1.82, 2.24) is 5.32 Å². The summed E-state index contributed by atoms with van der Waals surface area (Å²) in [6, 6.07) is 0. The second-order valence-electron chi connectivity index (χ2n) is 7.41. The summed E-state index contributed by atoms with van der Waals surface area (Å²) in [5, 5.41) is 12.8. The van der Waals surface area contributed by atoms with Crippen molar-refractivity contribution >= 4 is 23.6 Å². The van der Waals surface area contributed by atoms with Crippen molar-refractivity contribution in [2.45, 2.75) is 64.6 Å². The first-order chi connectivity index (χ1) is 11.1. The summed E-state index contributed by atoms with van der Waals surface area (Å²) >= 11 is 0. The zero-order valence-corrected chi connectivity index (χ0v) is 14.3. The third-order valence-corrected chi connectivity index (χ3v) is 4.90. The maximum absolute atomic E-state index is 12.5. The van der Waals surface area contributed by atoms with Gasteiger partial charge in [0, 0.05) is 31.6 Å². The molecule has 4 atom stereocenters. The first-order valence-electron chi connectivity index (χ1n) is 8.33. The van der Waals surface area contributed by atoms with Gasteiger partial charge in [0.1, 0.15) is 11.4 Å². The molecule has 2 amide bonds. The monoisotopic (exact) mass is 339 g/mol. The molecule has 1 aliphatic heterocycles. The lowest BCUT2D eigenvalue weighted by atomic mass is 9.69. The fourth-order valence-electron chi connectivity index (χ4n) is 4.05. The van der Waals surface area contributed by atoms with Crippen molar-refractivity contribution in [2.24, 2.45) is 17.8 Å². The topological polar surface area (TPSA) is 110 Å². The van der Waals surface area contributed by atoms with Crippen LogP contribution in [0.25, 0.3) is 0 Å². The highest BCUT2D eigenvalue weighted by molar-refractivity contribution is 5.97. The van der Waals surface area contributed by atoms with Crippen LogP contribution in [-0.4, -0.2) is 40.4 Å². The Bertz CT molecular complexity index is 543. The molecule has 24 heavy (non-hydrogen) atoms. The lowest BCUT2D eigenvalue weighted by Crippen LogP contribution is -2.49. The summed E-state index contributed by atoms with van der Waals surface area (Å²) in [6.45, 7) is 4.86. The van der Waals surface area contributed by atoms with Gasteiger partial charge in [-0.25, -0.2) is 0 Å². The summed E-state index contributed by atoms with van der Waals surface area (Å²) in [5.41, 5.74) is -0.787. The van der Waals surface area contributed by atoms with Crippen LogP contribution in [0, 0.1) is 17.8 Å². The van der Waals surface area contributed by atoms with E-state index >= 15 is 0 Å². The van der Waals surface area contributed by atoms with Gasteiger partial charge >= 0.3 is 5.97 Å². The van der Waals surface area contributed by atoms with E-state index in [1.54, 1.807) is 13.8 Å². The van der Waals surface area contributed by atoms with Crippen molar-refractivity contribution in [2.75, 3.05) is 0 Å². The molecule has 1 aliphatic carbocycles. The molecular weight excluding hydrogens is 314 g/mol. The van der Waals surface area contributed by atoms with Crippen LogP contribution < -0.4 is 5.32 Å². The van der Waals surface area contributed by atoms with Crippen LogP contribution in [0.15, 0.2) is 0 Å². The average molecular weight is 339 g/mol. The van der Waals surface area contributed by atoms with Gasteiger partial charge in [-0.2, -0.15) is 0 Å². The van der Waals surface area contributed by atoms with E-state index in [4.69, 9.17) is 4.74 Å². The fraction of sp³-hybridized carbons (Fsp3) is 0.765. The molecule has 0 spiro atoms. The minimum absolute atomic E-state index is 0.0567. The van der Waals surface area contributed by atoms with Crippen molar-refractivity contribution in [3.63, 3.8) is 0 Å². The number of hydrogen-bond donors (Lipinski definition) is 2. The molecule has 2 fully saturated rings. The predicted octanol–water partition coefficient (Wildman–Crippen LogP) is 0.727. The molecule has 134 valence electrons. The van der Waals surface area contributed by atoms with E-state index in [-0.39, 0.29) is 55.1 Å². The minimum atomic E-state index is -0.959. The Morgan fingerprint density at radius 2 is 1.88 bits per heavy atom. The number of rotatable bonds is 4. The first kappa shape index (κ1) is 18.6. The molecule has 0 aromatic heterocycles. The van der Waals surface area contributed by atoms with Crippen LogP contribution in [0.2, 0.25) is 0 Å². The third-order valence-electron chi connectivity index (χ3n) is 4.90. The van der Waals surface area contributed by atoms with E-state index in [9.17, 15) is 24.3 Å². The molecule has 1 heterocycles. The van der Waals surface area contributed by atoms with Gasteiger partial charge in [0.2, 0.25) is 11.8 Å². The number of ether oxygens (including phenoxy) is 1. The standard InChI is InChI=1S/C17H25NO6/c1-9-7-17(3,24-10(2)19)8-12(16(9)23)13(20)4-11-5-14(21)18-15(22)6-11/h9,11-13,20H,4-8H2,1-3H3,(H,18,21,22)/t9-,12-,13-,17+/m0/s1. The van der Waals surface area contributed by atoms with E-state index in [0.717, 1.165) is 0 Å². The Kier molecular flexibility index (Phi) is 5.42. The quantitative estimate of drug-likeness (QED) is 0.577. The molecule has 2 rings (SSSR count). The Morgan fingerprint density at radius 1 is 1.29 bits per heavy atom. The number of piperidine rings is 1. The Labute approximate surface area is 141 Å². The average Bonchev–Trinajstić information content (AvgIpc) is 2.40. The van der Waals surface area contributed by atoms with Gasteiger partial charge in [-0.05, 0) is 32.1 Å². The maximum Gasteiger partial charge on any atom is 0.303 e. The summed E-state index contributed by atoms with van der Waals surface area (Å²) in [4.78, 5) is 46.7. The SMILES string of the molecule is CC(=O)O[C@@]1(C)C[C@@H]([C@@H](O)CC2CC(=O)NC(=O)C2)C(=O)[C@@H](C)C1. The molecule has 2 aliphatic rings. The van der Waals surface area contributed by atoms with Crippen molar-refractivity contribution in [3.8, 4) is 0 Å². The smallest absolute Gasteiger partial charge is 0.303 e. The number of amides is 2. The van der Waals surface area contributed by atoms with Crippen molar-refractivity contribution in [3.05, 3.63) is 0 Å². The number of imide groups is 1. The zero-order valence-electron chi connectivity index (χ0n) is 14.3. The van der Waals surface area contributed by atoms with Crippen LogP contribution in [0.3, 0.4) is 0 Å². The predicted molar refractivity (Wildman–Crippen MR) is 83.6 cm³/mol. The van der Waals surface area contributed by atoms with Crippen LogP contribution in [0.5, 0.6) is 0 Å². The number of hydrogen-bond acceptors (Lipinski definition) is 6. The molecule has 7 nitrogen and oxygen atoms in total. The van der Waals surface area contributed by atoms with Crippen LogP contribution in [0.1, 0.15) is 52.9 Å². The lowest BCUT2D eigenvalue weighted by Gasteiger charge is -2.41. The van der Waals surface area contributed by atoms with Gasteiger partial charge in [0.25, 0.3) is 0 Å².